The molecule has 0 bridgehead atoms. The standard InChI is InChI=1S/C50H30O2/c1-3-14-31(15-4-1)33-26-27-40-46(29-33)51-44-25-13-24-41(49(40)44)47-36-20-9-11-22-38(36)48(39-23-12-10-21-37(39)47)42-28-34-18-7-8-19-35(34)50-43(42)30-45(52-50)32-16-5-2-6-17-32/h1-30H. The van der Waals surface area contributed by atoms with E-state index in [4.69, 9.17) is 8.83 Å². The number of furan rings is 2. The monoisotopic (exact) mass is 662 g/mol. The summed E-state index contributed by atoms with van der Waals surface area (Å²) in [7, 11) is 0. The maximum absolute atomic E-state index is 6.75. The van der Waals surface area contributed by atoms with Crippen LogP contribution in [0.15, 0.2) is 191 Å². The number of fused-ring (bicyclic) bond motifs is 8. The van der Waals surface area contributed by atoms with Crippen molar-refractivity contribution in [1.82, 2.24) is 0 Å². The van der Waals surface area contributed by atoms with Crippen molar-refractivity contribution in [2.45, 2.75) is 0 Å². The molecule has 0 saturated heterocycles. The minimum Gasteiger partial charge on any atom is -0.456 e. The highest BCUT2D eigenvalue weighted by Crippen LogP contribution is 2.49. The van der Waals surface area contributed by atoms with Crippen LogP contribution in [0.2, 0.25) is 0 Å². The molecule has 0 aliphatic rings. The molecule has 11 aromatic rings. The largest absolute Gasteiger partial charge is 0.456 e. The summed E-state index contributed by atoms with van der Waals surface area (Å²) in [5.41, 5.74) is 10.8. The molecule has 2 heteroatoms. The van der Waals surface area contributed by atoms with Gasteiger partial charge in [-0.15, -0.1) is 0 Å². The molecule has 9 aromatic carbocycles. The quantitative estimate of drug-likeness (QED) is 0.175. The molecule has 0 atom stereocenters. The van der Waals surface area contributed by atoms with Crippen LogP contribution in [0.1, 0.15) is 0 Å². The lowest BCUT2D eigenvalue weighted by molar-refractivity contribution is 0.635. The highest BCUT2D eigenvalue weighted by molar-refractivity contribution is 6.28. The number of rotatable bonds is 4. The molecule has 2 heterocycles. The van der Waals surface area contributed by atoms with Crippen LogP contribution in [0.4, 0.5) is 0 Å². The van der Waals surface area contributed by atoms with Gasteiger partial charge in [0.2, 0.25) is 0 Å². The Kier molecular flexibility index (Phi) is 6.28. The normalized spacial score (nSPS) is 11.8. The van der Waals surface area contributed by atoms with Crippen LogP contribution >= 0.6 is 0 Å². The summed E-state index contributed by atoms with van der Waals surface area (Å²) in [5, 5.41) is 10.4. The van der Waals surface area contributed by atoms with Crippen LogP contribution in [0.25, 0.3) is 110 Å². The molecule has 0 saturated carbocycles. The van der Waals surface area contributed by atoms with Gasteiger partial charge in [0.15, 0.2) is 0 Å². The van der Waals surface area contributed by atoms with E-state index in [1.54, 1.807) is 0 Å². The molecule has 52 heavy (non-hydrogen) atoms. The van der Waals surface area contributed by atoms with E-state index in [-0.39, 0.29) is 0 Å². The zero-order valence-corrected chi connectivity index (χ0v) is 28.1. The Morgan fingerprint density at radius 3 is 1.60 bits per heavy atom. The molecule has 2 aromatic heterocycles. The van der Waals surface area contributed by atoms with Gasteiger partial charge in [0, 0.05) is 27.1 Å². The molecule has 0 radical (unpaired) electrons. The van der Waals surface area contributed by atoms with Crippen LogP contribution in [0, 0.1) is 0 Å². The highest BCUT2D eigenvalue weighted by atomic mass is 16.3. The first-order valence-electron chi connectivity index (χ1n) is 17.8. The van der Waals surface area contributed by atoms with E-state index in [1.165, 1.54) is 49.4 Å². The third kappa shape index (κ3) is 4.31. The highest BCUT2D eigenvalue weighted by Gasteiger charge is 2.23. The minimum atomic E-state index is 0.868. The summed E-state index contributed by atoms with van der Waals surface area (Å²) in [6.45, 7) is 0. The lowest BCUT2D eigenvalue weighted by atomic mass is 9.83. The first kappa shape index (κ1) is 28.9. The van der Waals surface area contributed by atoms with E-state index >= 15 is 0 Å². The molecule has 242 valence electrons. The van der Waals surface area contributed by atoms with Crippen LogP contribution in [-0.4, -0.2) is 0 Å². The average molecular weight is 663 g/mol. The Bertz CT molecular complexity index is 3110. The Labute approximate surface area is 299 Å². The van der Waals surface area contributed by atoms with Crippen molar-refractivity contribution in [1.29, 1.82) is 0 Å². The molecule has 0 N–H and O–H groups in total. The van der Waals surface area contributed by atoms with Gasteiger partial charge in [-0.3, -0.25) is 0 Å². The van der Waals surface area contributed by atoms with Gasteiger partial charge in [0.05, 0.1) is 0 Å². The zero-order valence-electron chi connectivity index (χ0n) is 28.1. The summed E-state index contributed by atoms with van der Waals surface area (Å²) in [6, 6.07) is 64.8. The van der Waals surface area contributed by atoms with Crippen molar-refractivity contribution in [3.8, 4) is 44.7 Å². The van der Waals surface area contributed by atoms with Crippen LogP contribution in [0.5, 0.6) is 0 Å². The molecule has 0 spiro atoms. The Hall–Kier alpha value is -6.90. The van der Waals surface area contributed by atoms with Gasteiger partial charge in [-0.1, -0.05) is 152 Å². The van der Waals surface area contributed by atoms with Crippen molar-refractivity contribution in [2.24, 2.45) is 0 Å². The molecular weight excluding hydrogens is 633 g/mol. The van der Waals surface area contributed by atoms with E-state index in [9.17, 15) is 0 Å². The van der Waals surface area contributed by atoms with Crippen molar-refractivity contribution in [2.75, 3.05) is 0 Å². The average Bonchev–Trinajstić information content (AvgIpc) is 3.83. The summed E-state index contributed by atoms with van der Waals surface area (Å²) in [4.78, 5) is 0. The number of benzene rings is 9. The number of hydrogen-bond acceptors (Lipinski definition) is 2. The third-order valence-corrected chi connectivity index (χ3v) is 10.7. The SMILES string of the molecule is c1ccc(-c2ccc3c(c2)oc2cccc(-c4c5ccccc5c(-c5cc6ccccc6c6oc(-c7ccccc7)cc56)c5ccccc45)c23)cc1. The van der Waals surface area contributed by atoms with E-state index in [0.717, 1.165) is 60.6 Å². The predicted octanol–water partition coefficient (Wildman–Crippen LogP) is 14.5. The molecule has 0 amide bonds. The smallest absolute Gasteiger partial charge is 0.143 e. The Morgan fingerprint density at radius 2 is 0.904 bits per heavy atom. The fourth-order valence-electron chi connectivity index (χ4n) is 8.36. The fraction of sp³-hybridized carbons (Fsp3) is 0. The molecule has 0 unspecified atom stereocenters. The molecule has 11 rings (SSSR count). The maximum atomic E-state index is 6.75. The summed E-state index contributed by atoms with van der Waals surface area (Å²) in [5.74, 6) is 0.868. The van der Waals surface area contributed by atoms with Crippen LogP contribution < -0.4 is 0 Å². The first-order valence-corrected chi connectivity index (χ1v) is 17.8. The Morgan fingerprint density at radius 1 is 0.308 bits per heavy atom. The van der Waals surface area contributed by atoms with Crippen molar-refractivity contribution in [3.63, 3.8) is 0 Å². The van der Waals surface area contributed by atoms with Gasteiger partial charge >= 0.3 is 0 Å². The topological polar surface area (TPSA) is 26.3 Å². The van der Waals surface area contributed by atoms with Gasteiger partial charge in [0.25, 0.3) is 0 Å². The van der Waals surface area contributed by atoms with Gasteiger partial charge in [-0.2, -0.15) is 0 Å². The van der Waals surface area contributed by atoms with Gasteiger partial charge in [-0.25, -0.2) is 0 Å². The second kappa shape index (κ2) is 11.3. The van der Waals surface area contributed by atoms with Crippen molar-refractivity contribution >= 4 is 65.2 Å². The van der Waals surface area contributed by atoms with Crippen molar-refractivity contribution < 1.29 is 8.83 Å². The second-order valence-electron chi connectivity index (χ2n) is 13.6. The lowest BCUT2D eigenvalue weighted by Crippen LogP contribution is -1.92. The summed E-state index contributed by atoms with van der Waals surface area (Å²) < 4.78 is 13.4. The molecule has 0 aliphatic carbocycles. The minimum absolute atomic E-state index is 0.868. The third-order valence-electron chi connectivity index (χ3n) is 10.7. The van der Waals surface area contributed by atoms with E-state index < -0.39 is 0 Å². The van der Waals surface area contributed by atoms with Crippen molar-refractivity contribution in [3.05, 3.63) is 182 Å². The first-order chi connectivity index (χ1) is 25.8. The number of hydrogen-bond donors (Lipinski definition) is 0. The Balaban J connectivity index is 1.23. The maximum Gasteiger partial charge on any atom is 0.143 e. The molecule has 0 aliphatic heterocycles. The predicted molar refractivity (Wildman–Crippen MR) is 218 cm³/mol. The van der Waals surface area contributed by atoms with E-state index in [2.05, 4.69) is 176 Å². The van der Waals surface area contributed by atoms with E-state index in [1.807, 2.05) is 6.07 Å². The van der Waals surface area contributed by atoms with Gasteiger partial charge in [0.1, 0.15) is 22.5 Å². The zero-order chi connectivity index (χ0) is 34.2. The van der Waals surface area contributed by atoms with Crippen LogP contribution in [-0.2, 0) is 0 Å². The molecular formula is C50H30O2. The summed E-state index contributed by atoms with van der Waals surface area (Å²) in [6.07, 6.45) is 0. The summed E-state index contributed by atoms with van der Waals surface area (Å²) >= 11 is 0. The lowest BCUT2D eigenvalue weighted by Gasteiger charge is -2.19. The van der Waals surface area contributed by atoms with Gasteiger partial charge < -0.3 is 8.83 Å². The second-order valence-corrected chi connectivity index (χ2v) is 13.6. The molecule has 2 nitrogen and oxygen atoms in total. The van der Waals surface area contributed by atoms with Crippen LogP contribution in [0.3, 0.4) is 0 Å². The fourth-order valence-corrected chi connectivity index (χ4v) is 8.36. The molecule has 0 fully saturated rings. The van der Waals surface area contributed by atoms with Gasteiger partial charge in [-0.05, 0) is 90.6 Å². The van der Waals surface area contributed by atoms with E-state index in [0.29, 0.717) is 0 Å².